The van der Waals surface area contributed by atoms with Gasteiger partial charge in [0.05, 0.1) is 18.6 Å². The molecule has 0 saturated carbocycles. The summed E-state index contributed by atoms with van der Waals surface area (Å²) in [7, 11) is 0. The van der Waals surface area contributed by atoms with Crippen LogP contribution in [0.25, 0.3) is 0 Å². The molecule has 0 aromatic carbocycles. The van der Waals surface area contributed by atoms with Crippen LogP contribution in [0.1, 0.15) is 20.3 Å². The van der Waals surface area contributed by atoms with Gasteiger partial charge in [0, 0.05) is 32.7 Å². The molecule has 0 aromatic heterocycles. The van der Waals surface area contributed by atoms with Crippen LogP contribution < -0.4 is 11.1 Å². The van der Waals surface area contributed by atoms with E-state index in [1.54, 1.807) is 0 Å². The quantitative estimate of drug-likeness (QED) is 0.678. The average molecular weight is 243 g/mol. The van der Waals surface area contributed by atoms with Gasteiger partial charge in [0.2, 0.25) is 5.91 Å². The number of nitrogens with zero attached hydrogens (tertiary/aromatic N) is 1. The van der Waals surface area contributed by atoms with E-state index in [-0.39, 0.29) is 5.91 Å². The van der Waals surface area contributed by atoms with Crippen molar-refractivity contribution in [2.75, 3.05) is 45.9 Å². The van der Waals surface area contributed by atoms with E-state index in [0.717, 1.165) is 39.3 Å². The number of nitrogens with one attached hydrogen (secondary N) is 1. The first-order chi connectivity index (χ1) is 8.12. The summed E-state index contributed by atoms with van der Waals surface area (Å²) in [5.41, 5.74) is 5.22. The number of amides is 1. The highest BCUT2D eigenvalue weighted by atomic mass is 16.5. The minimum atomic E-state index is -0.426. The molecule has 5 nitrogen and oxygen atoms in total. The van der Waals surface area contributed by atoms with Gasteiger partial charge in [-0.05, 0) is 13.3 Å². The lowest BCUT2D eigenvalue weighted by molar-refractivity contribution is -0.129. The van der Waals surface area contributed by atoms with Crippen molar-refractivity contribution in [3.05, 3.63) is 0 Å². The van der Waals surface area contributed by atoms with Crippen LogP contribution in [0.2, 0.25) is 0 Å². The Hall–Kier alpha value is -0.650. The Morgan fingerprint density at radius 3 is 2.65 bits per heavy atom. The molecule has 0 radical (unpaired) electrons. The molecule has 1 atom stereocenters. The second-order valence-electron chi connectivity index (χ2n) is 4.83. The van der Waals surface area contributed by atoms with Gasteiger partial charge in [0.15, 0.2) is 0 Å². The lowest BCUT2D eigenvalue weighted by atomic mass is 9.87. The third kappa shape index (κ3) is 4.26. The molecule has 1 aliphatic heterocycles. The fourth-order valence-corrected chi connectivity index (χ4v) is 1.76. The topological polar surface area (TPSA) is 67.6 Å². The normalized spacial score (nSPS) is 20.9. The van der Waals surface area contributed by atoms with Crippen molar-refractivity contribution >= 4 is 5.91 Å². The SMILES string of the molecule is CCC(C)(CN)C(=O)NCCN1CCOCC1. The summed E-state index contributed by atoms with van der Waals surface area (Å²) in [6.45, 7) is 9.38. The standard InChI is InChI=1S/C12H25N3O2/c1-3-12(2,10-13)11(16)14-4-5-15-6-8-17-9-7-15/h3-10,13H2,1-2H3,(H,14,16). The summed E-state index contributed by atoms with van der Waals surface area (Å²) in [6, 6.07) is 0. The number of rotatable bonds is 6. The Morgan fingerprint density at radius 2 is 2.12 bits per heavy atom. The van der Waals surface area contributed by atoms with Crippen molar-refractivity contribution in [3.63, 3.8) is 0 Å². The molecule has 0 spiro atoms. The van der Waals surface area contributed by atoms with Crippen LogP contribution in [-0.2, 0) is 9.53 Å². The second-order valence-corrected chi connectivity index (χ2v) is 4.83. The van der Waals surface area contributed by atoms with Gasteiger partial charge in [-0.1, -0.05) is 6.92 Å². The van der Waals surface area contributed by atoms with Crippen LogP contribution in [0.5, 0.6) is 0 Å². The van der Waals surface area contributed by atoms with E-state index >= 15 is 0 Å². The summed E-state index contributed by atoms with van der Waals surface area (Å²) in [5, 5.41) is 2.97. The van der Waals surface area contributed by atoms with Crippen LogP contribution in [-0.4, -0.2) is 56.7 Å². The van der Waals surface area contributed by atoms with Gasteiger partial charge < -0.3 is 15.8 Å². The largest absolute Gasteiger partial charge is 0.379 e. The average Bonchev–Trinajstić information content (AvgIpc) is 2.39. The van der Waals surface area contributed by atoms with E-state index in [2.05, 4.69) is 10.2 Å². The number of nitrogens with two attached hydrogens (primary N) is 1. The Morgan fingerprint density at radius 1 is 1.47 bits per heavy atom. The van der Waals surface area contributed by atoms with Crippen molar-refractivity contribution in [2.24, 2.45) is 11.1 Å². The van der Waals surface area contributed by atoms with Crippen LogP contribution in [0.4, 0.5) is 0 Å². The molecule has 5 heteroatoms. The molecule has 0 aliphatic carbocycles. The maximum absolute atomic E-state index is 11.9. The highest BCUT2D eigenvalue weighted by molar-refractivity contribution is 5.82. The summed E-state index contributed by atoms with van der Waals surface area (Å²) in [4.78, 5) is 14.2. The van der Waals surface area contributed by atoms with Crippen molar-refractivity contribution in [1.82, 2.24) is 10.2 Å². The van der Waals surface area contributed by atoms with E-state index < -0.39 is 5.41 Å². The zero-order valence-electron chi connectivity index (χ0n) is 11.0. The molecule has 3 N–H and O–H groups in total. The van der Waals surface area contributed by atoms with Crippen molar-refractivity contribution in [3.8, 4) is 0 Å². The first-order valence-corrected chi connectivity index (χ1v) is 6.41. The molecular weight excluding hydrogens is 218 g/mol. The number of carbonyl (C=O) groups is 1. The molecule has 1 saturated heterocycles. The van der Waals surface area contributed by atoms with Gasteiger partial charge in [-0.25, -0.2) is 0 Å². The summed E-state index contributed by atoms with van der Waals surface area (Å²) < 4.78 is 5.27. The van der Waals surface area contributed by atoms with Crippen molar-refractivity contribution < 1.29 is 9.53 Å². The van der Waals surface area contributed by atoms with Gasteiger partial charge in [-0.15, -0.1) is 0 Å². The Labute approximate surface area is 104 Å². The van der Waals surface area contributed by atoms with Crippen molar-refractivity contribution in [2.45, 2.75) is 20.3 Å². The number of hydrogen-bond donors (Lipinski definition) is 2. The Balaban J connectivity index is 2.23. The minimum Gasteiger partial charge on any atom is -0.379 e. The fourth-order valence-electron chi connectivity index (χ4n) is 1.76. The third-order valence-corrected chi connectivity index (χ3v) is 3.60. The molecule has 1 unspecified atom stereocenters. The molecule has 1 aliphatic rings. The van der Waals surface area contributed by atoms with Crippen LogP contribution in [0, 0.1) is 5.41 Å². The maximum Gasteiger partial charge on any atom is 0.227 e. The Kier molecular flexibility index (Phi) is 5.88. The van der Waals surface area contributed by atoms with Crippen LogP contribution in [0.15, 0.2) is 0 Å². The molecule has 17 heavy (non-hydrogen) atoms. The first kappa shape index (κ1) is 14.4. The molecular formula is C12H25N3O2. The molecule has 1 heterocycles. The zero-order chi connectivity index (χ0) is 12.7. The molecule has 1 fully saturated rings. The molecule has 0 bridgehead atoms. The van der Waals surface area contributed by atoms with E-state index in [4.69, 9.17) is 10.5 Å². The highest BCUT2D eigenvalue weighted by Gasteiger charge is 2.29. The summed E-state index contributed by atoms with van der Waals surface area (Å²) >= 11 is 0. The zero-order valence-corrected chi connectivity index (χ0v) is 11.0. The molecule has 0 aromatic rings. The molecule has 1 amide bonds. The number of ether oxygens (including phenoxy) is 1. The number of hydrogen-bond acceptors (Lipinski definition) is 4. The third-order valence-electron chi connectivity index (χ3n) is 3.60. The van der Waals surface area contributed by atoms with E-state index in [0.29, 0.717) is 13.1 Å². The number of morpholine rings is 1. The van der Waals surface area contributed by atoms with Gasteiger partial charge in [-0.2, -0.15) is 0 Å². The maximum atomic E-state index is 11.9. The number of carbonyl (C=O) groups excluding carboxylic acids is 1. The van der Waals surface area contributed by atoms with Crippen LogP contribution >= 0.6 is 0 Å². The van der Waals surface area contributed by atoms with Gasteiger partial charge in [0.1, 0.15) is 0 Å². The molecule has 1 rings (SSSR count). The lowest BCUT2D eigenvalue weighted by Gasteiger charge is -2.28. The predicted molar refractivity (Wildman–Crippen MR) is 67.7 cm³/mol. The van der Waals surface area contributed by atoms with E-state index in [9.17, 15) is 4.79 Å². The smallest absolute Gasteiger partial charge is 0.227 e. The van der Waals surface area contributed by atoms with Gasteiger partial charge in [-0.3, -0.25) is 9.69 Å². The van der Waals surface area contributed by atoms with E-state index in [1.807, 2.05) is 13.8 Å². The molecule has 100 valence electrons. The Bertz CT molecular complexity index is 236. The first-order valence-electron chi connectivity index (χ1n) is 6.41. The van der Waals surface area contributed by atoms with Crippen molar-refractivity contribution in [1.29, 1.82) is 0 Å². The van der Waals surface area contributed by atoms with E-state index in [1.165, 1.54) is 0 Å². The highest BCUT2D eigenvalue weighted by Crippen LogP contribution is 2.18. The van der Waals surface area contributed by atoms with Gasteiger partial charge >= 0.3 is 0 Å². The summed E-state index contributed by atoms with van der Waals surface area (Å²) in [5.74, 6) is 0.0655. The monoisotopic (exact) mass is 243 g/mol. The lowest BCUT2D eigenvalue weighted by Crippen LogP contribution is -2.47. The van der Waals surface area contributed by atoms with Gasteiger partial charge in [0.25, 0.3) is 0 Å². The second kappa shape index (κ2) is 6.93. The predicted octanol–water partition coefficient (Wildman–Crippen LogP) is -0.190. The fraction of sp³-hybridized carbons (Fsp3) is 0.917. The minimum absolute atomic E-state index is 0.0655. The van der Waals surface area contributed by atoms with Crippen LogP contribution in [0.3, 0.4) is 0 Å². The summed E-state index contributed by atoms with van der Waals surface area (Å²) in [6.07, 6.45) is 0.771.